The van der Waals surface area contributed by atoms with Crippen molar-refractivity contribution in [3.8, 4) is 6.07 Å². The maximum Gasteiger partial charge on any atom is 0.263 e. The van der Waals surface area contributed by atoms with E-state index in [1.165, 1.54) is 11.8 Å². The van der Waals surface area contributed by atoms with E-state index in [0.717, 1.165) is 17.7 Å². The summed E-state index contributed by atoms with van der Waals surface area (Å²) in [6.45, 7) is 2.48. The standard InChI is InChI=1S/C19H19N3O/c1-2-15-8-10-18(11-9-15)21-14-17(12-20)19(23)22-13-16-6-4-3-5-7-16/h3-11,14,21H,2,13H2,1H3,(H,22,23)/b17-14-. The van der Waals surface area contributed by atoms with Crippen molar-refractivity contribution in [1.82, 2.24) is 5.32 Å². The SMILES string of the molecule is CCc1ccc(N/C=C(/C#N)C(=O)NCc2ccccc2)cc1. The molecule has 0 aliphatic heterocycles. The first kappa shape index (κ1) is 16.3. The fourth-order valence-electron chi connectivity index (χ4n) is 2.01. The Balaban J connectivity index is 1.94. The molecular weight excluding hydrogens is 286 g/mol. The summed E-state index contributed by atoms with van der Waals surface area (Å²) in [5.74, 6) is -0.394. The summed E-state index contributed by atoms with van der Waals surface area (Å²) in [6, 6.07) is 19.4. The van der Waals surface area contributed by atoms with Crippen LogP contribution in [-0.2, 0) is 17.8 Å². The van der Waals surface area contributed by atoms with E-state index in [9.17, 15) is 4.79 Å². The van der Waals surface area contributed by atoms with Gasteiger partial charge in [0, 0.05) is 18.4 Å². The lowest BCUT2D eigenvalue weighted by Gasteiger charge is -2.06. The topological polar surface area (TPSA) is 64.9 Å². The molecular formula is C19H19N3O. The fourth-order valence-corrected chi connectivity index (χ4v) is 2.01. The number of hydrogen-bond acceptors (Lipinski definition) is 3. The molecule has 0 bridgehead atoms. The molecule has 4 nitrogen and oxygen atoms in total. The molecule has 116 valence electrons. The van der Waals surface area contributed by atoms with Crippen molar-refractivity contribution in [1.29, 1.82) is 5.26 Å². The highest BCUT2D eigenvalue weighted by molar-refractivity contribution is 5.97. The van der Waals surface area contributed by atoms with Crippen LogP contribution in [0.25, 0.3) is 0 Å². The summed E-state index contributed by atoms with van der Waals surface area (Å²) < 4.78 is 0. The predicted octanol–water partition coefficient (Wildman–Crippen LogP) is 3.38. The van der Waals surface area contributed by atoms with Crippen LogP contribution in [0.1, 0.15) is 18.1 Å². The maximum absolute atomic E-state index is 12.0. The van der Waals surface area contributed by atoms with Crippen LogP contribution in [0.3, 0.4) is 0 Å². The predicted molar refractivity (Wildman–Crippen MR) is 91.4 cm³/mol. The molecule has 2 rings (SSSR count). The van der Waals surface area contributed by atoms with E-state index < -0.39 is 5.91 Å². The van der Waals surface area contributed by atoms with Crippen molar-refractivity contribution in [2.45, 2.75) is 19.9 Å². The first-order chi connectivity index (χ1) is 11.2. The number of carbonyl (C=O) groups excluding carboxylic acids is 1. The number of amides is 1. The van der Waals surface area contributed by atoms with Gasteiger partial charge in [0.05, 0.1) is 0 Å². The van der Waals surface area contributed by atoms with Gasteiger partial charge >= 0.3 is 0 Å². The summed E-state index contributed by atoms with van der Waals surface area (Å²) in [6.07, 6.45) is 2.41. The number of benzene rings is 2. The van der Waals surface area contributed by atoms with Gasteiger partial charge in [-0.2, -0.15) is 5.26 Å². The van der Waals surface area contributed by atoms with Crippen molar-refractivity contribution in [2.75, 3.05) is 5.32 Å². The van der Waals surface area contributed by atoms with Gasteiger partial charge in [-0.25, -0.2) is 0 Å². The van der Waals surface area contributed by atoms with E-state index in [1.807, 2.05) is 60.7 Å². The molecule has 0 spiro atoms. The molecule has 0 heterocycles. The van der Waals surface area contributed by atoms with Gasteiger partial charge < -0.3 is 10.6 Å². The Morgan fingerprint density at radius 3 is 2.39 bits per heavy atom. The number of rotatable bonds is 6. The molecule has 0 aliphatic rings. The molecule has 1 amide bonds. The van der Waals surface area contributed by atoms with E-state index in [0.29, 0.717) is 6.54 Å². The van der Waals surface area contributed by atoms with Gasteiger partial charge in [0.15, 0.2) is 0 Å². The Morgan fingerprint density at radius 1 is 1.09 bits per heavy atom. The van der Waals surface area contributed by atoms with Crippen LogP contribution in [0.4, 0.5) is 5.69 Å². The summed E-state index contributed by atoms with van der Waals surface area (Å²) in [4.78, 5) is 12.0. The number of aryl methyl sites for hydroxylation is 1. The average Bonchev–Trinajstić information content (AvgIpc) is 2.62. The average molecular weight is 305 g/mol. The van der Waals surface area contributed by atoms with E-state index in [2.05, 4.69) is 17.6 Å². The largest absolute Gasteiger partial charge is 0.360 e. The molecule has 0 atom stereocenters. The van der Waals surface area contributed by atoms with E-state index in [4.69, 9.17) is 5.26 Å². The van der Waals surface area contributed by atoms with E-state index >= 15 is 0 Å². The maximum atomic E-state index is 12.0. The number of nitrogens with zero attached hydrogens (tertiary/aromatic N) is 1. The Bertz CT molecular complexity index is 713. The van der Waals surface area contributed by atoms with Crippen molar-refractivity contribution in [3.63, 3.8) is 0 Å². The first-order valence-electron chi connectivity index (χ1n) is 7.50. The highest BCUT2D eigenvalue weighted by atomic mass is 16.1. The quantitative estimate of drug-likeness (QED) is 0.635. The zero-order chi connectivity index (χ0) is 16.5. The minimum atomic E-state index is -0.394. The molecule has 0 aromatic heterocycles. The van der Waals surface area contributed by atoms with Gasteiger partial charge in [0.2, 0.25) is 0 Å². The van der Waals surface area contributed by atoms with Crippen LogP contribution < -0.4 is 10.6 Å². The zero-order valence-corrected chi connectivity index (χ0v) is 13.0. The molecule has 0 fully saturated rings. The van der Waals surface area contributed by atoms with Crippen LogP contribution in [0.15, 0.2) is 66.4 Å². The van der Waals surface area contributed by atoms with Crippen LogP contribution in [0.5, 0.6) is 0 Å². The number of hydrogen-bond donors (Lipinski definition) is 2. The molecule has 2 aromatic rings. The van der Waals surface area contributed by atoms with Crippen molar-refractivity contribution in [2.24, 2.45) is 0 Å². The summed E-state index contributed by atoms with van der Waals surface area (Å²) in [7, 11) is 0. The molecule has 4 heteroatoms. The Labute approximate surface area is 136 Å². The lowest BCUT2D eigenvalue weighted by Crippen LogP contribution is -2.24. The number of anilines is 1. The molecule has 2 N–H and O–H groups in total. The minimum absolute atomic E-state index is 0.0421. The van der Waals surface area contributed by atoms with Gasteiger partial charge in [0.25, 0.3) is 5.91 Å². The van der Waals surface area contributed by atoms with Gasteiger partial charge in [-0.15, -0.1) is 0 Å². The van der Waals surface area contributed by atoms with Gasteiger partial charge in [-0.1, -0.05) is 49.4 Å². The van der Waals surface area contributed by atoms with E-state index in [-0.39, 0.29) is 5.57 Å². The second-order valence-corrected chi connectivity index (χ2v) is 5.03. The first-order valence-corrected chi connectivity index (χ1v) is 7.50. The Morgan fingerprint density at radius 2 is 1.78 bits per heavy atom. The summed E-state index contributed by atoms with van der Waals surface area (Å²) in [5, 5.41) is 14.9. The molecule has 23 heavy (non-hydrogen) atoms. The van der Waals surface area contributed by atoms with E-state index in [1.54, 1.807) is 0 Å². The van der Waals surface area contributed by atoms with Crippen molar-refractivity contribution in [3.05, 3.63) is 77.5 Å². The van der Waals surface area contributed by atoms with Gasteiger partial charge in [0.1, 0.15) is 11.6 Å². The minimum Gasteiger partial charge on any atom is -0.360 e. The van der Waals surface area contributed by atoms with Crippen molar-refractivity contribution < 1.29 is 4.79 Å². The van der Waals surface area contributed by atoms with Crippen LogP contribution in [0, 0.1) is 11.3 Å². The fraction of sp³-hybridized carbons (Fsp3) is 0.158. The molecule has 0 saturated carbocycles. The van der Waals surface area contributed by atoms with Crippen LogP contribution >= 0.6 is 0 Å². The van der Waals surface area contributed by atoms with Crippen LogP contribution in [-0.4, -0.2) is 5.91 Å². The smallest absolute Gasteiger partial charge is 0.263 e. The highest BCUT2D eigenvalue weighted by Crippen LogP contribution is 2.10. The lowest BCUT2D eigenvalue weighted by atomic mass is 10.1. The number of nitriles is 1. The zero-order valence-electron chi connectivity index (χ0n) is 13.0. The third-order valence-corrected chi connectivity index (χ3v) is 3.41. The third-order valence-electron chi connectivity index (χ3n) is 3.41. The van der Waals surface area contributed by atoms with Crippen LogP contribution in [0.2, 0.25) is 0 Å². The monoisotopic (exact) mass is 305 g/mol. The number of carbonyl (C=O) groups is 1. The second kappa shape index (κ2) is 8.40. The summed E-state index contributed by atoms with van der Waals surface area (Å²) in [5.41, 5.74) is 3.10. The molecule has 0 aliphatic carbocycles. The number of nitrogens with one attached hydrogen (secondary N) is 2. The van der Waals surface area contributed by atoms with Gasteiger partial charge in [-0.05, 0) is 29.7 Å². The summed E-state index contributed by atoms with van der Waals surface area (Å²) >= 11 is 0. The van der Waals surface area contributed by atoms with Gasteiger partial charge in [-0.3, -0.25) is 4.79 Å². The molecule has 0 radical (unpaired) electrons. The molecule has 0 unspecified atom stereocenters. The third kappa shape index (κ3) is 5.01. The normalized spacial score (nSPS) is 10.7. The molecule has 0 saturated heterocycles. The highest BCUT2D eigenvalue weighted by Gasteiger charge is 2.08. The second-order valence-electron chi connectivity index (χ2n) is 5.03. The van der Waals surface area contributed by atoms with Crippen molar-refractivity contribution >= 4 is 11.6 Å². The Hall–Kier alpha value is -3.06. The Kier molecular flexibility index (Phi) is 5.96. The lowest BCUT2D eigenvalue weighted by molar-refractivity contribution is -0.117. The molecule has 2 aromatic carbocycles.